The highest BCUT2D eigenvalue weighted by molar-refractivity contribution is 5.95. The molecule has 1 aromatic carbocycles. The van der Waals surface area contributed by atoms with Crippen molar-refractivity contribution in [2.24, 2.45) is 0 Å². The van der Waals surface area contributed by atoms with Crippen molar-refractivity contribution < 1.29 is 4.79 Å². The fraction of sp³-hybridized carbons (Fsp3) is 0.562. The minimum atomic E-state index is 0.228. The van der Waals surface area contributed by atoms with E-state index in [9.17, 15) is 4.79 Å². The van der Waals surface area contributed by atoms with Gasteiger partial charge < -0.3 is 4.90 Å². The summed E-state index contributed by atoms with van der Waals surface area (Å²) >= 11 is 0. The highest BCUT2D eigenvalue weighted by Gasteiger charge is 2.22. The molecule has 3 nitrogen and oxygen atoms in total. The van der Waals surface area contributed by atoms with Crippen LogP contribution in [0.25, 0.3) is 0 Å². The smallest absolute Gasteiger partial charge is 0.241 e. The van der Waals surface area contributed by atoms with Crippen LogP contribution in [0.2, 0.25) is 0 Å². The normalized spacial score (nSPS) is 14.6. The van der Waals surface area contributed by atoms with Crippen molar-refractivity contribution in [3.05, 3.63) is 29.8 Å². The lowest BCUT2D eigenvalue weighted by atomic mass is 10.0. The van der Waals surface area contributed by atoms with Gasteiger partial charge in [-0.3, -0.25) is 9.69 Å². The van der Waals surface area contributed by atoms with E-state index in [0.717, 1.165) is 38.0 Å². The van der Waals surface area contributed by atoms with Crippen molar-refractivity contribution in [1.82, 2.24) is 4.90 Å². The molecule has 104 valence electrons. The predicted octanol–water partition coefficient (Wildman–Crippen LogP) is 2.70. The molecule has 0 bridgehead atoms. The Hall–Kier alpha value is -1.35. The Kier molecular flexibility index (Phi) is 4.97. The van der Waals surface area contributed by atoms with E-state index in [1.165, 1.54) is 12.0 Å². The maximum Gasteiger partial charge on any atom is 0.241 e. The van der Waals surface area contributed by atoms with E-state index in [0.29, 0.717) is 6.54 Å². The summed E-state index contributed by atoms with van der Waals surface area (Å²) in [5, 5.41) is 0. The maximum atomic E-state index is 12.4. The summed E-state index contributed by atoms with van der Waals surface area (Å²) in [5.41, 5.74) is 2.42. The molecule has 2 rings (SSSR count). The molecule has 0 saturated carbocycles. The van der Waals surface area contributed by atoms with Crippen molar-refractivity contribution >= 4 is 11.6 Å². The second-order valence-electron chi connectivity index (χ2n) is 5.37. The molecule has 0 fully saturated rings. The van der Waals surface area contributed by atoms with E-state index < -0.39 is 0 Å². The molecule has 0 saturated heterocycles. The second kappa shape index (κ2) is 6.71. The molecule has 0 atom stereocenters. The summed E-state index contributed by atoms with van der Waals surface area (Å²) in [7, 11) is 2.03. The van der Waals surface area contributed by atoms with Gasteiger partial charge in [-0.25, -0.2) is 0 Å². The van der Waals surface area contributed by atoms with Gasteiger partial charge in [0.1, 0.15) is 0 Å². The van der Waals surface area contributed by atoms with Crippen LogP contribution in [-0.2, 0) is 11.2 Å². The van der Waals surface area contributed by atoms with Crippen LogP contribution in [0.5, 0.6) is 0 Å². The standard InChI is InChI=1S/C16H24N2O/c1-3-4-11-17(2)13-16(19)18-12-7-9-14-8-5-6-10-15(14)18/h5-6,8,10H,3-4,7,9,11-13H2,1-2H3. The van der Waals surface area contributed by atoms with Crippen molar-refractivity contribution in [1.29, 1.82) is 0 Å². The zero-order chi connectivity index (χ0) is 13.7. The Labute approximate surface area is 116 Å². The molecule has 0 aliphatic carbocycles. The van der Waals surface area contributed by atoms with Gasteiger partial charge in [-0.2, -0.15) is 0 Å². The van der Waals surface area contributed by atoms with Crippen molar-refractivity contribution in [2.75, 3.05) is 31.6 Å². The molecular formula is C16H24N2O. The fourth-order valence-corrected chi connectivity index (χ4v) is 2.62. The Bertz CT molecular complexity index is 431. The zero-order valence-electron chi connectivity index (χ0n) is 12.1. The predicted molar refractivity (Wildman–Crippen MR) is 79.5 cm³/mol. The number of likely N-dealkylation sites (N-methyl/N-ethyl adjacent to an activating group) is 1. The van der Waals surface area contributed by atoms with E-state index in [1.807, 2.05) is 18.0 Å². The summed E-state index contributed by atoms with van der Waals surface area (Å²) in [6.07, 6.45) is 4.48. The molecular weight excluding hydrogens is 236 g/mol. The molecule has 0 spiro atoms. The van der Waals surface area contributed by atoms with Gasteiger partial charge in [0, 0.05) is 12.2 Å². The number of unbranched alkanes of at least 4 members (excludes halogenated alkanes) is 1. The minimum Gasteiger partial charge on any atom is -0.311 e. The van der Waals surface area contributed by atoms with Crippen molar-refractivity contribution in [3.8, 4) is 0 Å². The van der Waals surface area contributed by atoms with E-state index >= 15 is 0 Å². The molecule has 0 unspecified atom stereocenters. The SMILES string of the molecule is CCCCN(C)CC(=O)N1CCCc2ccccc21. The van der Waals surface area contributed by atoms with E-state index in [1.54, 1.807) is 0 Å². The summed E-state index contributed by atoms with van der Waals surface area (Å²) in [4.78, 5) is 16.5. The third kappa shape index (κ3) is 3.57. The fourth-order valence-electron chi connectivity index (χ4n) is 2.62. The van der Waals surface area contributed by atoms with Crippen LogP contribution in [0.1, 0.15) is 31.7 Å². The van der Waals surface area contributed by atoms with Gasteiger partial charge >= 0.3 is 0 Å². The van der Waals surface area contributed by atoms with Crippen LogP contribution in [-0.4, -0.2) is 37.5 Å². The van der Waals surface area contributed by atoms with Gasteiger partial charge in [-0.15, -0.1) is 0 Å². The van der Waals surface area contributed by atoms with Gasteiger partial charge in [-0.1, -0.05) is 31.5 Å². The van der Waals surface area contributed by atoms with Crippen LogP contribution in [0.3, 0.4) is 0 Å². The molecule has 3 heteroatoms. The van der Waals surface area contributed by atoms with Crippen molar-refractivity contribution in [2.45, 2.75) is 32.6 Å². The number of carbonyl (C=O) groups excluding carboxylic acids is 1. The Morgan fingerprint density at radius 1 is 1.37 bits per heavy atom. The van der Waals surface area contributed by atoms with Crippen molar-refractivity contribution in [3.63, 3.8) is 0 Å². The first kappa shape index (κ1) is 14.1. The number of aryl methyl sites for hydroxylation is 1. The minimum absolute atomic E-state index is 0.228. The Balaban J connectivity index is 2.00. The molecule has 19 heavy (non-hydrogen) atoms. The highest BCUT2D eigenvalue weighted by atomic mass is 16.2. The summed E-state index contributed by atoms with van der Waals surface area (Å²) in [6, 6.07) is 8.28. The first-order valence-corrected chi connectivity index (χ1v) is 7.29. The lowest BCUT2D eigenvalue weighted by Crippen LogP contribution is -2.41. The van der Waals surface area contributed by atoms with Gasteiger partial charge in [-0.05, 0) is 44.5 Å². The number of hydrogen-bond acceptors (Lipinski definition) is 2. The molecule has 0 aromatic heterocycles. The summed E-state index contributed by atoms with van der Waals surface area (Å²) < 4.78 is 0. The van der Waals surface area contributed by atoms with Gasteiger partial charge in [0.2, 0.25) is 5.91 Å². The molecule has 1 aliphatic rings. The first-order chi connectivity index (χ1) is 9.22. The van der Waals surface area contributed by atoms with Crippen LogP contribution in [0.4, 0.5) is 5.69 Å². The number of benzene rings is 1. The average Bonchev–Trinajstić information content (AvgIpc) is 2.44. The molecule has 1 aliphatic heterocycles. The van der Waals surface area contributed by atoms with Crippen LogP contribution in [0.15, 0.2) is 24.3 Å². The zero-order valence-corrected chi connectivity index (χ0v) is 12.1. The molecule has 1 aromatic rings. The molecule has 1 heterocycles. The number of anilines is 1. The number of para-hydroxylation sites is 1. The van der Waals surface area contributed by atoms with Gasteiger partial charge in [0.15, 0.2) is 0 Å². The number of carbonyl (C=O) groups is 1. The maximum absolute atomic E-state index is 12.4. The third-order valence-electron chi connectivity index (χ3n) is 3.71. The Morgan fingerprint density at radius 3 is 2.95 bits per heavy atom. The molecule has 0 radical (unpaired) electrons. The topological polar surface area (TPSA) is 23.6 Å². The van der Waals surface area contributed by atoms with Crippen LogP contribution < -0.4 is 4.90 Å². The summed E-state index contributed by atoms with van der Waals surface area (Å²) in [6.45, 7) is 4.56. The number of fused-ring (bicyclic) bond motifs is 1. The first-order valence-electron chi connectivity index (χ1n) is 7.29. The molecule has 1 amide bonds. The lowest BCUT2D eigenvalue weighted by molar-refractivity contribution is -0.119. The van der Waals surface area contributed by atoms with E-state index in [2.05, 4.69) is 30.0 Å². The largest absolute Gasteiger partial charge is 0.311 e. The molecule has 0 N–H and O–H groups in total. The number of amides is 1. The van der Waals surface area contributed by atoms with Crippen LogP contribution in [0, 0.1) is 0 Å². The number of nitrogens with zero attached hydrogens (tertiary/aromatic N) is 2. The number of hydrogen-bond donors (Lipinski definition) is 0. The second-order valence-corrected chi connectivity index (χ2v) is 5.37. The van der Waals surface area contributed by atoms with E-state index in [4.69, 9.17) is 0 Å². The lowest BCUT2D eigenvalue weighted by Gasteiger charge is -2.31. The van der Waals surface area contributed by atoms with E-state index in [-0.39, 0.29) is 5.91 Å². The van der Waals surface area contributed by atoms with Gasteiger partial charge in [0.25, 0.3) is 0 Å². The average molecular weight is 260 g/mol. The summed E-state index contributed by atoms with van der Waals surface area (Å²) in [5.74, 6) is 0.228. The highest BCUT2D eigenvalue weighted by Crippen LogP contribution is 2.26. The monoisotopic (exact) mass is 260 g/mol. The quantitative estimate of drug-likeness (QED) is 0.812. The third-order valence-corrected chi connectivity index (χ3v) is 3.71. The number of rotatable bonds is 5. The van der Waals surface area contributed by atoms with Crippen LogP contribution >= 0.6 is 0 Å². The Morgan fingerprint density at radius 2 is 2.16 bits per heavy atom. The van der Waals surface area contributed by atoms with Gasteiger partial charge in [0.05, 0.1) is 6.54 Å².